The number of carbonyl (C=O) groups excluding carboxylic acids is 2. The highest BCUT2D eigenvalue weighted by molar-refractivity contribution is 6.14. The summed E-state index contributed by atoms with van der Waals surface area (Å²) >= 11 is 0. The van der Waals surface area contributed by atoms with Gasteiger partial charge in [0.15, 0.2) is 12.6 Å². The quantitative estimate of drug-likeness (QED) is 0.602. The van der Waals surface area contributed by atoms with Gasteiger partial charge in [-0.15, -0.1) is 0 Å². The molecule has 0 aliphatic rings. The Bertz CT molecular complexity index is 597. The number of hydrogen-bond donors (Lipinski definition) is 0. The highest BCUT2D eigenvalue weighted by atomic mass is 16.1. The average Bonchev–Trinajstić information content (AvgIpc) is 2.53. The number of nitrogens with zero attached hydrogens (tertiary/aromatic N) is 2. The molecule has 0 N–H and O–H groups in total. The predicted molar refractivity (Wildman–Crippen MR) is 84.1 cm³/mol. The van der Waals surface area contributed by atoms with E-state index in [1.165, 1.54) is 12.4 Å². The molecule has 104 valence electrons. The molecule has 2 aromatic rings. The fraction of sp³-hybridized carbons (Fsp3) is 0.0588. The van der Waals surface area contributed by atoms with E-state index < -0.39 is 0 Å². The third kappa shape index (κ3) is 4.62. The van der Waals surface area contributed by atoms with E-state index in [0.717, 1.165) is 28.9 Å². The van der Waals surface area contributed by atoms with Crippen molar-refractivity contribution in [3.63, 3.8) is 0 Å². The molecule has 2 rings (SSSR count). The molecule has 2 aromatic carbocycles. The number of rotatable bonds is 6. The maximum Gasteiger partial charge on any atom is 0.161 e. The van der Waals surface area contributed by atoms with E-state index in [0.29, 0.717) is 12.6 Å². The standard InChI is InChI=1S/C17H14N2O2/c20-11-9-18-16-5-1-14(2-6-16)13-15-3-7-17(8-4-15)19-10-12-21/h1-12H,13H2. The minimum Gasteiger partial charge on any atom is -0.297 e. The van der Waals surface area contributed by atoms with Crippen molar-refractivity contribution in [1.29, 1.82) is 0 Å². The second-order valence-corrected chi connectivity index (χ2v) is 4.34. The van der Waals surface area contributed by atoms with Crippen LogP contribution >= 0.6 is 0 Å². The molecule has 0 aliphatic carbocycles. The summed E-state index contributed by atoms with van der Waals surface area (Å²) in [5.74, 6) is 0. The fourth-order valence-electron chi connectivity index (χ4n) is 1.87. The maximum absolute atomic E-state index is 10.2. The molecule has 0 heterocycles. The van der Waals surface area contributed by atoms with Gasteiger partial charge in [0.25, 0.3) is 0 Å². The highest BCUT2D eigenvalue weighted by Crippen LogP contribution is 2.18. The fourth-order valence-corrected chi connectivity index (χ4v) is 1.87. The zero-order chi connectivity index (χ0) is 14.9. The molecule has 0 bridgehead atoms. The summed E-state index contributed by atoms with van der Waals surface area (Å²) < 4.78 is 0. The van der Waals surface area contributed by atoms with E-state index in [4.69, 9.17) is 0 Å². The third-order valence-electron chi connectivity index (χ3n) is 2.85. The zero-order valence-electron chi connectivity index (χ0n) is 11.3. The Morgan fingerprint density at radius 2 is 1.05 bits per heavy atom. The Labute approximate surface area is 122 Å². The van der Waals surface area contributed by atoms with Crippen molar-refractivity contribution in [3.8, 4) is 0 Å². The first kappa shape index (κ1) is 14.5. The number of aldehydes is 2. The van der Waals surface area contributed by atoms with Crippen molar-refractivity contribution in [1.82, 2.24) is 0 Å². The normalized spacial score (nSPS) is 11.0. The summed E-state index contributed by atoms with van der Waals surface area (Å²) in [7, 11) is 0. The highest BCUT2D eigenvalue weighted by Gasteiger charge is 1.97. The predicted octanol–water partition coefficient (Wildman–Crippen LogP) is 3.08. The Morgan fingerprint density at radius 3 is 1.38 bits per heavy atom. The minimum atomic E-state index is 0.655. The summed E-state index contributed by atoms with van der Waals surface area (Å²) in [4.78, 5) is 28.4. The minimum absolute atomic E-state index is 0.655. The van der Waals surface area contributed by atoms with Crippen LogP contribution in [-0.4, -0.2) is 25.0 Å². The summed E-state index contributed by atoms with van der Waals surface area (Å²) in [6, 6.07) is 15.4. The Morgan fingerprint density at radius 1 is 0.667 bits per heavy atom. The summed E-state index contributed by atoms with van der Waals surface area (Å²) in [6.45, 7) is 0. The molecule has 0 fully saturated rings. The molecule has 0 saturated carbocycles. The van der Waals surface area contributed by atoms with Crippen LogP contribution in [0.15, 0.2) is 58.5 Å². The second kappa shape index (κ2) is 7.65. The van der Waals surface area contributed by atoms with Gasteiger partial charge in [-0.3, -0.25) is 19.6 Å². The number of benzene rings is 2. The van der Waals surface area contributed by atoms with Crippen LogP contribution in [0.3, 0.4) is 0 Å². The van der Waals surface area contributed by atoms with Crippen LogP contribution in [0.1, 0.15) is 11.1 Å². The molecule has 0 unspecified atom stereocenters. The smallest absolute Gasteiger partial charge is 0.161 e. The lowest BCUT2D eigenvalue weighted by Crippen LogP contribution is -1.87. The van der Waals surface area contributed by atoms with E-state index in [1.807, 2.05) is 48.5 Å². The lowest BCUT2D eigenvalue weighted by molar-refractivity contribution is -0.103. The van der Waals surface area contributed by atoms with Crippen molar-refractivity contribution < 1.29 is 9.59 Å². The first-order valence-corrected chi connectivity index (χ1v) is 6.45. The molecule has 0 atom stereocenters. The van der Waals surface area contributed by atoms with E-state index >= 15 is 0 Å². The first-order chi connectivity index (χ1) is 10.3. The van der Waals surface area contributed by atoms with Gasteiger partial charge < -0.3 is 0 Å². The SMILES string of the molecule is O=CC=Nc1ccc(Cc2ccc(N=CC=O)cc2)cc1. The molecule has 4 heteroatoms. The molecule has 0 saturated heterocycles. The topological polar surface area (TPSA) is 58.9 Å². The number of carbonyl (C=O) groups is 2. The van der Waals surface area contributed by atoms with Gasteiger partial charge in [0.05, 0.1) is 23.8 Å². The van der Waals surface area contributed by atoms with Gasteiger partial charge in [0.1, 0.15) is 0 Å². The van der Waals surface area contributed by atoms with Crippen molar-refractivity contribution in [3.05, 3.63) is 59.7 Å². The van der Waals surface area contributed by atoms with Crippen LogP contribution in [0.5, 0.6) is 0 Å². The maximum atomic E-state index is 10.2. The molecule has 0 radical (unpaired) electrons. The van der Waals surface area contributed by atoms with Crippen LogP contribution in [0.4, 0.5) is 11.4 Å². The molecule has 4 nitrogen and oxygen atoms in total. The first-order valence-electron chi connectivity index (χ1n) is 6.45. The van der Waals surface area contributed by atoms with Crippen LogP contribution < -0.4 is 0 Å². The van der Waals surface area contributed by atoms with Gasteiger partial charge in [-0.05, 0) is 41.8 Å². The second-order valence-electron chi connectivity index (χ2n) is 4.34. The molecule has 0 aromatic heterocycles. The Balaban J connectivity index is 2.04. The van der Waals surface area contributed by atoms with E-state index in [-0.39, 0.29) is 0 Å². The van der Waals surface area contributed by atoms with Gasteiger partial charge >= 0.3 is 0 Å². The largest absolute Gasteiger partial charge is 0.297 e. The van der Waals surface area contributed by atoms with Gasteiger partial charge in [-0.1, -0.05) is 24.3 Å². The van der Waals surface area contributed by atoms with E-state index in [1.54, 1.807) is 0 Å². The van der Waals surface area contributed by atoms with E-state index in [2.05, 4.69) is 9.98 Å². The molecule has 0 aliphatic heterocycles. The van der Waals surface area contributed by atoms with Crippen LogP contribution in [0, 0.1) is 0 Å². The monoisotopic (exact) mass is 278 g/mol. The van der Waals surface area contributed by atoms with Gasteiger partial charge in [-0.25, -0.2) is 0 Å². The van der Waals surface area contributed by atoms with Crippen molar-refractivity contribution in [2.45, 2.75) is 6.42 Å². The van der Waals surface area contributed by atoms with Crippen LogP contribution in [0.25, 0.3) is 0 Å². The third-order valence-corrected chi connectivity index (χ3v) is 2.85. The summed E-state index contributed by atoms with van der Waals surface area (Å²) in [5, 5.41) is 0. The zero-order valence-corrected chi connectivity index (χ0v) is 11.3. The van der Waals surface area contributed by atoms with Crippen molar-refractivity contribution in [2.75, 3.05) is 0 Å². The van der Waals surface area contributed by atoms with Gasteiger partial charge in [0, 0.05) is 0 Å². The Hall–Kier alpha value is -2.88. The lowest BCUT2D eigenvalue weighted by atomic mass is 10.0. The van der Waals surface area contributed by atoms with Crippen molar-refractivity contribution >= 4 is 36.4 Å². The Kier molecular flexibility index (Phi) is 5.29. The lowest BCUT2D eigenvalue weighted by Gasteiger charge is -2.03. The molecular weight excluding hydrogens is 264 g/mol. The van der Waals surface area contributed by atoms with E-state index in [9.17, 15) is 9.59 Å². The number of aliphatic imine (C=N–C) groups is 2. The number of hydrogen-bond acceptors (Lipinski definition) is 4. The molecular formula is C17H14N2O2. The van der Waals surface area contributed by atoms with Gasteiger partial charge in [0.2, 0.25) is 0 Å². The van der Waals surface area contributed by atoms with Gasteiger partial charge in [-0.2, -0.15) is 0 Å². The molecule has 0 spiro atoms. The van der Waals surface area contributed by atoms with Crippen LogP contribution in [0.2, 0.25) is 0 Å². The molecule has 21 heavy (non-hydrogen) atoms. The molecule has 0 amide bonds. The summed E-state index contributed by atoms with van der Waals surface area (Å²) in [6.07, 6.45) is 4.57. The van der Waals surface area contributed by atoms with Crippen LogP contribution in [-0.2, 0) is 16.0 Å². The van der Waals surface area contributed by atoms with Crippen molar-refractivity contribution in [2.24, 2.45) is 9.98 Å². The summed E-state index contributed by atoms with van der Waals surface area (Å²) in [5.41, 5.74) is 3.82. The average molecular weight is 278 g/mol.